The molecule has 0 spiro atoms. The molecule has 1 aliphatic heterocycles. The normalized spacial score (nSPS) is 19.0. The number of aromatic nitrogens is 4. The Kier molecular flexibility index (Phi) is 6.83. The average Bonchev–Trinajstić information content (AvgIpc) is 3.25. The molecular weight excluding hydrogens is 442 g/mol. The maximum absolute atomic E-state index is 12.8. The van der Waals surface area contributed by atoms with Crippen LogP contribution >= 0.6 is 0 Å². The molecule has 5 rings (SSSR count). The zero-order chi connectivity index (χ0) is 24.4. The van der Waals surface area contributed by atoms with Crippen molar-refractivity contribution in [1.29, 1.82) is 0 Å². The van der Waals surface area contributed by atoms with E-state index in [4.69, 9.17) is 0 Å². The molecule has 3 aromatic rings. The maximum Gasteiger partial charge on any atom is 0.328 e. The van der Waals surface area contributed by atoms with E-state index in [-0.39, 0.29) is 12.1 Å². The smallest absolute Gasteiger partial charge is 0.328 e. The van der Waals surface area contributed by atoms with Crippen LogP contribution in [0, 0.1) is 0 Å². The molecule has 2 fully saturated rings. The molecule has 1 atom stereocenters. The van der Waals surface area contributed by atoms with Gasteiger partial charge in [0.1, 0.15) is 6.33 Å². The summed E-state index contributed by atoms with van der Waals surface area (Å²) in [6, 6.07) is 9.01. The number of carbonyl (C=O) groups is 1. The van der Waals surface area contributed by atoms with E-state index in [1.807, 2.05) is 6.07 Å². The Labute approximate surface area is 206 Å². The van der Waals surface area contributed by atoms with Crippen LogP contribution in [0.15, 0.2) is 30.6 Å². The molecule has 35 heavy (non-hydrogen) atoms. The Morgan fingerprint density at radius 3 is 2.77 bits per heavy atom. The number of piperidine rings is 1. The molecule has 3 heterocycles. The zero-order valence-corrected chi connectivity index (χ0v) is 20.8. The molecule has 1 unspecified atom stereocenters. The number of amides is 1. The first kappa shape index (κ1) is 23.5. The predicted molar refractivity (Wildman–Crippen MR) is 138 cm³/mol. The number of carbonyl (C=O) groups excluding carboxylic acids is 1. The molecule has 10 heteroatoms. The second-order valence-corrected chi connectivity index (χ2v) is 9.83. The molecule has 10 nitrogen and oxygen atoms in total. The minimum atomic E-state index is -0.205. The second kappa shape index (κ2) is 10.2. The van der Waals surface area contributed by atoms with Crippen LogP contribution in [0.25, 0.3) is 11.2 Å². The van der Waals surface area contributed by atoms with Gasteiger partial charge in [-0.15, -0.1) is 0 Å². The van der Waals surface area contributed by atoms with Gasteiger partial charge in [0.25, 0.3) is 0 Å². The lowest BCUT2D eigenvalue weighted by Gasteiger charge is -2.36. The van der Waals surface area contributed by atoms with Gasteiger partial charge >= 0.3 is 6.03 Å². The van der Waals surface area contributed by atoms with Gasteiger partial charge in [-0.1, -0.05) is 12.1 Å². The highest BCUT2D eigenvalue weighted by Crippen LogP contribution is 2.24. The minimum absolute atomic E-state index is 0.205. The molecule has 2 aromatic heterocycles. The van der Waals surface area contributed by atoms with Crippen molar-refractivity contribution in [2.75, 3.05) is 44.9 Å². The fourth-order valence-corrected chi connectivity index (χ4v) is 4.81. The van der Waals surface area contributed by atoms with E-state index in [0.717, 1.165) is 44.6 Å². The van der Waals surface area contributed by atoms with Gasteiger partial charge < -0.3 is 20.9 Å². The van der Waals surface area contributed by atoms with Crippen molar-refractivity contribution in [3.63, 3.8) is 0 Å². The highest BCUT2D eigenvalue weighted by atomic mass is 16.2. The van der Waals surface area contributed by atoms with Gasteiger partial charge in [0.05, 0.1) is 0 Å². The number of rotatable bonds is 7. The fraction of sp³-hybridized carbons (Fsp3) is 0.520. The third kappa shape index (κ3) is 5.23. The number of imidazole rings is 1. The van der Waals surface area contributed by atoms with Gasteiger partial charge in [-0.2, -0.15) is 9.97 Å². The van der Waals surface area contributed by atoms with E-state index in [0.29, 0.717) is 29.0 Å². The summed E-state index contributed by atoms with van der Waals surface area (Å²) in [4.78, 5) is 31.3. The number of hydrogen-bond acceptors (Lipinski definition) is 8. The van der Waals surface area contributed by atoms with Crippen LogP contribution in [0.2, 0.25) is 0 Å². The quantitative estimate of drug-likeness (QED) is 0.477. The second-order valence-electron chi connectivity index (χ2n) is 9.83. The first-order valence-corrected chi connectivity index (χ1v) is 12.5. The summed E-state index contributed by atoms with van der Waals surface area (Å²) in [7, 11) is 6.12. The summed E-state index contributed by atoms with van der Waals surface area (Å²) in [6.07, 6.45) is 7.19. The van der Waals surface area contributed by atoms with Crippen molar-refractivity contribution >= 4 is 34.6 Å². The standard InChI is InChI=1S/C25H35N9O/c1-26-22-21-23(34(16-27-21)25(35)29-18-8-5-9-18)31-24(30-22)28-19-10-4-7-17(13-19)14-33-12-6-11-20(15-33)32(2)3/h4,7,10,13,16,18,20H,5-6,8-9,11-12,14-15H2,1-3H3,(H,29,35)(H2,26,28,30,31). The number of nitrogens with zero attached hydrogens (tertiary/aromatic N) is 6. The molecule has 1 aliphatic carbocycles. The van der Waals surface area contributed by atoms with Gasteiger partial charge in [-0.05, 0) is 70.4 Å². The van der Waals surface area contributed by atoms with E-state index in [1.165, 1.54) is 29.3 Å². The van der Waals surface area contributed by atoms with E-state index in [2.05, 4.69) is 73.0 Å². The van der Waals surface area contributed by atoms with Crippen LogP contribution < -0.4 is 16.0 Å². The number of anilines is 3. The number of likely N-dealkylation sites (tertiary alicyclic amines) is 1. The van der Waals surface area contributed by atoms with Gasteiger partial charge in [0, 0.05) is 37.9 Å². The molecule has 186 valence electrons. The van der Waals surface area contributed by atoms with Crippen molar-refractivity contribution in [2.45, 2.75) is 50.7 Å². The van der Waals surface area contributed by atoms with E-state index in [1.54, 1.807) is 7.05 Å². The van der Waals surface area contributed by atoms with Crippen molar-refractivity contribution < 1.29 is 4.79 Å². The lowest BCUT2D eigenvalue weighted by molar-refractivity contribution is 0.128. The molecular formula is C25H35N9O. The molecule has 2 aliphatic rings. The molecule has 0 radical (unpaired) electrons. The van der Waals surface area contributed by atoms with Gasteiger partial charge in [0.15, 0.2) is 17.0 Å². The van der Waals surface area contributed by atoms with Crippen LogP contribution in [0.4, 0.5) is 22.2 Å². The first-order chi connectivity index (χ1) is 17.0. The van der Waals surface area contributed by atoms with Crippen molar-refractivity contribution in [1.82, 2.24) is 34.6 Å². The minimum Gasteiger partial charge on any atom is -0.371 e. The average molecular weight is 478 g/mol. The third-order valence-corrected chi connectivity index (χ3v) is 7.08. The predicted octanol–water partition coefficient (Wildman–Crippen LogP) is 3.25. The lowest BCUT2D eigenvalue weighted by atomic mass is 9.93. The van der Waals surface area contributed by atoms with E-state index < -0.39 is 0 Å². The largest absolute Gasteiger partial charge is 0.371 e. The van der Waals surface area contributed by atoms with Crippen LogP contribution in [0.1, 0.15) is 37.7 Å². The van der Waals surface area contributed by atoms with Crippen LogP contribution in [0.5, 0.6) is 0 Å². The van der Waals surface area contributed by atoms with E-state index >= 15 is 0 Å². The highest BCUT2D eigenvalue weighted by molar-refractivity contribution is 5.92. The lowest BCUT2D eigenvalue weighted by Crippen LogP contribution is -2.44. The molecule has 1 amide bonds. The number of nitrogens with one attached hydrogen (secondary N) is 3. The summed E-state index contributed by atoms with van der Waals surface area (Å²) in [5.74, 6) is 0.995. The Balaban J connectivity index is 1.34. The Bertz CT molecular complexity index is 1190. The van der Waals surface area contributed by atoms with Crippen LogP contribution in [-0.4, -0.2) is 81.7 Å². The van der Waals surface area contributed by atoms with Gasteiger partial charge in [-0.3, -0.25) is 4.90 Å². The Morgan fingerprint density at radius 1 is 1.17 bits per heavy atom. The first-order valence-electron chi connectivity index (χ1n) is 12.5. The van der Waals surface area contributed by atoms with Crippen molar-refractivity contribution in [2.24, 2.45) is 0 Å². The molecule has 3 N–H and O–H groups in total. The number of hydrogen-bond donors (Lipinski definition) is 3. The molecule has 0 bridgehead atoms. The number of likely N-dealkylation sites (N-methyl/N-ethyl adjacent to an activating group) is 1. The van der Waals surface area contributed by atoms with E-state index in [9.17, 15) is 4.79 Å². The van der Waals surface area contributed by atoms with Crippen LogP contribution in [0.3, 0.4) is 0 Å². The summed E-state index contributed by atoms with van der Waals surface area (Å²) in [5.41, 5.74) is 3.20. The monoisotopic (exact) mass is 477 g/mol. The summed E-state index contributed by atoms with van der Waals surface area (Å²) >= 11 is 0. The fourth-order valence-electron chi connectivity index (χ4n) is 4.81. The number of benzene rings is 1. The van der Waals surface area contributed by atoms with Gasteiger partial charge in [-0.25, -0.2) is 14.3 Å². The van der Waals surface area contributed by atoms with Gasteiger partial charge in [0.2, 0.25) is 5.95 Å². The van der Waals surface area contributed by atoms with Crippen LogP contribution in [-0.2, 0) is 6.54 Å². The molecule has 1 aromatic carbocycles. The molecule has 1 saturated carbocycles. The molecule has 1 saturated heterocycles. The summed E-state index contributed by atoms with van der Waals surface area (Å²) in [6.45, 7) is 3.12. The summed E-state index contributed by atoms with van der Waals surface area (Å²) < 4.78 is 1.47. The SMILES string of the molecule is CNc1nc(Nc2cccc(CN3CCCC(N(C)C)C3)c2)nc2c1ncn2C(=O)NC1CCC1. The topological polar surface area (TPSA) is 103 Å². The number of fused-ring (bicyclic) bond motifs is 1. The maximum atomic E-state index is 12.8. The summed E-state index contributed by atoms with van der Waals surface area (Å²) in [5, 5.41) is 9.46. The Morgan fingerprint density at radius 2 is 2.03 bits per heavy atom. The van der Waals surface area contributed by atoms with Crippen molar-refractivity contribution in [3.05, 3.63) is 36.2 Å². The Hall–Kier alpha value is -3.24. The highest BCUT2D eigenvalue weighted by Gasteiger charge is 2.23. The zero-order valence-electron chi connectivity index (χ0n) is 20.8. The third-order valence-electron chi connectivity index (χ3n) is 7.08. The van der Waals surface area contributed by atoms with Crippen molar-refractivity contribution in [3.8, 4) is 0 Å².